The number of nitrogens with zero attached hydrogens (tertiary/aromatic N) is 1. The van der Waals surface area contributed by atoms with Gasteiger partial charge < -0.3 is 15.0 Å². The number of para-hydroxylation sites is 1. The van der Waals surface area contributed by atoms with Crippen LogP contribution in [0.5, 0.6) is 5.75 Å². The third kappa shape index (κ3) is 4.97. The van der Waals surface area contributed by atoms with Crippen molar-refractivity contribution in [1.82, 2.24) is 4.90 Å². The Balaban J connectivity index is 1.57. The third-order valence-electron chi connectivity index (χ3n) is 4.06. The van der Waals surface area contributed by atoms with E-state index < -0.39 is 11.9 Å². The average molecular weight is 392 g/mol. The number of hydrogen-bond donors (Lipinski definition) is 1. The molecule has 1 heterocycles. The van der Waals surface area contributed by atoms with Gasteiger partial charge in [-0.15, -0.1) is 11.8 Å². The van der Waals surface area contributed by atoms with Crippen LogP contribution in [0.1, 0.15) is 12.0 Å². The Hall–Kier alpha value is -2.61. The molecule has 0 bridgehead atoms. The standard InChI is InChI=1S/C19H18F2N2O3S/c1-23(11-12-6-8-13(9-7-12)26-19(20)21)17(24)10-16-18(25)22-14-4-2-3-5-15(14)27-16/h2-9,16,19H,10-11H2,1H3,(H,22,25). The minimum absolute atomic E-state index is 0.0664. The molecule has 1 aliphatic heterocycles. The molecule has 1 unspecified atom stereocenters. The first-order chi connectivity index (χ1) is 12.9. The van der Waals surface area contributed by atoms with Gasteiger partial charge in [-0.05, 0) is 29.8 Å². The third-order valence-corrected chi connectivity index (χ3v) is 5.34. The lowest BCUT2D eigenvalue weighted by atomic mass is 10.2. The second-order valence-corrected chi connectivity index (χ2v) is 7.31. The average Bonchev–Trinajstić information content (AvgIpc) is 2.63. The fourth-order valence-corrected chi connectivity index (χ4v) is 3.78. The topological polar surface area (TPSA) is 58.6 Å². The first kappa shape index (κ1) is 19.2. The molecular weight excluding hydrogens is 374 g/mol. The van der Waals surface area contributed by atoms with Crippen LogP contribution in [0.2, 0.25) is 0 Å². The van der Waals surface area contributed by atoms with Crippen LogP contribution in [0, 0.1) is 0 Å². The molecule has 8 heteroatoms. The van der Waals surface area contributed by atoms with Gasteiger partial charge in [0.15, 0.2) is 0 Å². The summed E-state index contributed by atoms with van der Waals surface area (Å²) in [5.41, 5.74) is 1.54. The number of thioether (sulfide) groups is 1. The Morgan fingerprint density at radius 1 is 1.22 bits per heavy atom. The molecule has 142 valence electrons. The highest BCUT2D eigenvalue weighted by atomic mass is 32.2. The molecule has 1 N–H and O–H groups in total. The van der Waals surface area contributed by atoms with Crippen molar-refractivity contribution in [3.05, 3.63) is 54.1 Å². The summed E-state index contributed by atoms with van der Waals surface area (Å²) in [4.78, 5) is 27.2. The van der Waals surface area contributed by atoms with E-state index in [1.54, 1.807) is 19.2 Å². The van der Waals surface area contributed by atoms with Gasteiger partial charge in [-0.1, -0.05) is 24.3 Å². The molecule has 0 saturated heterocycles. The summed E-state index contributed by atoms with van der Waals surface area (Å²) in [6, 6.07) is 13.6. The summed E-state index contributed by atoms with van der Waals surface area (Å²) < 4.78 is 28.7. The first-order valence-corrected chi connectivity index (χ1v) is 9.14. The first-order valence-electron chi connectivity index (χ1n) is 8.26. The zero-order valence-electron chi connectivity index (χ0n) is 14.5. The predicted octanol–water partition coefficient (Wildman–Crippen LogP) is 3.75. The number of halogens is 2. The maximum absolute atomic E-state index is 12.5. The summed E-state index contributed by atoms with van der Waals surface area (Å²) in [6.45, 7) is -2.56. The number of hydrogen-bond acceptors (Lipinski definition) is 4. The van der Waals surface area contributed by atoms with Crippen molar-refractivity contribution in [2.24, 2.45) is 0 Å². The van der Waals surface area contributed by atoms with Gasteiger partial charge >= 0.3 is 6.61 Å². The van der Waals surface area contributed by atoms with Gasteiger partial charge in [-0.25, -0.2) is 0 Å². The van der Waals surface area contributed by atoms with Crippen LogP contribution in [0.25, 0.3) is 0 Å². The van der Waals surface area contributed by atoms with Crippen LogP contribution in [-0.4, -0.2) is 35.6 Å². The van der Waals surface area contributed by atoms with E-state index >= 15 is 0 Å². The Kier molecular flexibility index (Phi) is 5.95. The number of alkyl halides is 2. The van der Waals surface area contributed by atoms with Crippen molar-refractivity contribution in [2.45, 2.75) is 29.7 Å². The van der Waals surface area contributed by atoms with Gasteiger partial charge in [0.05, 0.1) is 10.9 Å². The van der Waals surface area contributed by atoms with Gasteiger partial charge in [0.2, 0.25) is 11.8 Å². The number of carbonyl (C=O) groups excluding carboxylic acids is 2. The molecule has 2 aromatic carbocycles. The molecule has 0 radical (unpaired) electrons. The summed E-state index contributed by atoms with van der Waals surface area (Å²) >= 11 is 1.38. The van der Waals surface area contributed by atoms with E-state index in [0.29, 0.717) is 6.54 Å². The Morgan fingerprint density at radius 3 is 2.63 bits per heavy atom. The van der Waals surface area contributed by atoms with Gasteiger partial charge in [0.25, 0.3) is 0 Å². The van der Waals surface area contributed by atoms with Crippen LogP contribution in [0.15, 0.2) is 53.4 Å². The fourth-order valence-electron chi connectivity index (χ4n) is 2.68. The van der Waals surface area contributed by atoms with Gasteiger partial charge in [0.1, 0.15) is 5.75 Å². The molecule has 27 heavy (non-hydrogen) atoms. The molecule has 1 atom stereocenters. The normalized spacial score (nSPS) is 15.9. The van der Waals surface area contributed by atoms with E-state index in [4.69, 9.17) is 0 Å². The van der Waals surface area contributed by atoms with Crippen LogP contribution in [-0.2, 0) is 16.1 Å². The summed E-state index contributed by atoms with van der Waals surface area (Å²) in [5, 5.41) is 2.33. The SMILES string of the molecule is CN(Cc1ccc(OC(F)F)cc1)C(=O)CC1Sc2ccccc2NC1=O. The fraction of sp³-hybridized carbons (Fsp3) is 0.263. The quantitative estimate of drug-likeness (QED) is 0.814. The molecule has 0 fully saturated rings. The largest absolute Gasteiger partial charge is 0.435 e. The Morgan fingerprint density at radius 2 is 1.93 bits per heavy atom. The monoisotopic (exact) mass is 392 g/mol. The highest BCUT2D eigenvalue weighted by molar-refractivity contribution is 8.01. The highest BCUT2D eigenvalue weighted by Gasteiger charge is 2.29. The lowest BCUT2D eigenvalue weighted by Gasteiger charge is -2.25. The molecule has 2 amide bonds. The Labute approximate surface area is 159 Å². The molecule has 0 saturated carbocycles. The van der Waals surface area contributed by atoms with E-state index in [-0.39, 0.29) is 24.0 Å². The van der Waals surface area contributed by atoms with E-state index in [2.05, 4.69) is 10.1 Å². The van der Waals surface area contributed by atoms with E-state index in [1.165, 1.54) is 28.8 Å². The summed E-state index contributed by atoms with van der Waals surface area (Å²) in [6.07, 6.45) is 0.0773. The maximum Gasteiger partial charge on any atom is 0.387 e. The van der Waals surface area contributed by atoms with Crippen LogP contribution >= 0.6 is 11.8 Å². The predicted molar refractivity (Wildman–Crippen MR) is 98.9 cm³/mol. The number of rotatable bonds is 6. The molecule has 5 nitrogen and oxygen atoms in total. The number of carbonyl (C=O) groups is 2. The summed E-state index contributed by atoms with van der Waals surface area (Å²) in [5.74, 6) is -0.291. The summed E-state index contributed by atoms with van der Waals surface area (Å²) in [7, 11) is 1.64. The zero-order valence-corrected chi connectivity index (χ0v) is 15.3. The van der Waals surface area contributed by atoms with Gasteiger partial charge in [-0.3, -0.25) is 9.59 Å². The molecule has 2 aromatic rings. The Bertz CT molecular complexity index is 830. The lowest BCUT2D eigenvalue weighted by Crippen LogP contribution is -2.35. The number of fused-ring (bicyclic) bond motifs is 1. The van der Waals surface area contributed by atoms with Crippen molar-refractivity contribution in [1.29, 1.82) is 0 Å². The van der Waals surface area contributed by atoms with Crippen molar-refractivity contribution < 1.29 is 23.1 Å². The van der Waals surface area contributed by atoms with Crippen molar-refractivity contribution >= 4 is 29.3 Å². The van der Waals surface area contributed by atoms with Crippen molar-refractivity contribution in [3.8, 4) is 5.75 Å². The molecule has 1 aliphatic rings. The van der Waals surface area contributed by atoms with Crippen LogP contribution in [0.3, 0.4) is 0 Å². The molecule has 0 spiro atoms. The minimum Gasteiger partial charge on any atom is -0.435 e. The minimum atomic E-state index is -2.87. The van der Waals surface area contributed by atoms with E-state index in [1.807, 2.05) is 24.3 Å². The van der Waals surface area contributed by atoms with Crippen LogP contribution < -0.4 is 10.1 Å². The molecule has 0 aliphatic carbocycles. The van der Waals surface area contributed by atoms with Crippen molar-refractivity contribution in [3.63, 3.8) is 0 Å². The molecule has 3 rings (SSSR count). The smallest absolute Gasteiger partial charge is 0.387 e. The second kappa shape index (κ2) is 8.39. The second-order valence-electron chi connectivity index (χ2n) is 6.07. The van der Waals surface area contributed by atoms with E-state index in [0.717, 1.165) is 16.1 Å². The van der Waals surface area contributed by atoms with Gasteiger partial charge in [0, 0.05) is 24.9 Å². The number of benzene rings is 2. The van der Waals surface area contributed by atoms with Crippen molar-refractivity contribution in [2.75, 3.05) is 12.4 Å². The lowest BCUT2D eigenvalue weighted by molar-refractivity contribution is -0.131. The zero-order chi connectivity index (χ0) is 19.4. The maximum atomic E-state index is 12.5. The number of amides is 2. The molecular formula is C19H18F2N2O3S. The number of ether oxygens (including phenoxy) is 1. The molecule has 0 aromatic heterocycles. The number of nitrogens with one attached hydrogen (secondary N) is 1. The van der Waals surface area contributed by atoms with E-state index in [9.17, 15) is 18.4 Å². The highest BCUT2D eigenvalue weighted by Crippen LogP contribution is 2.36. The van der Waals surface area contributed by atoms with Crippen LogP contribution in [0.4, 0.5) is 14.5 Å². The number of anilines is 1. The van der Waals surface area contributed by atoms with Gasteiger partial charge in [-0.2, -0.15) is 8.78 Å².